The molecule has 0 saturated carbocycles. The summed E-state index contributed by atoms with van der Waals surface area (Å²) in [7, 11) is 1.59. The molecule has 0 unspecified atom stereocenters. The summed E-state index contributed by atoms with van der Waals surface area (Å²) in [5, 5.41) is 11.3. The number of aromatic nitrogens is 2. The van der Waals surface area contributed by atoms with Gasteiger partial charge in [-0.1, -0.05) is 36.0 Å². The number of carbonyl (C=O) groups excluding carboxylic acids is 2. The van der Waals surface area contributed by atoms with Crippen molar-refractivity contribution < 1.29 is 18.7 Å². The molecule has 38 heavy (non-hydrogen) atoms. The molecule has 0 bridgehead atoms. The second kappa shape index (κ2) is 11.8. The zero-order valence-electron chi connectivity index (χ0n) is 20.9. The molecule has 194 valence electrons. The maximum absolute atomic E-state index is 12.9. The molecule has 1 saturated heterocycles. The molecule has 2 heterocycles. The molecule has 1 aromatic heterocycles. The van der Waals surface area contributed by atoms with Crippen molar-refractivity contribution in [3.63, 3.8) is 0 Å². The molecule has 9 nitrogen and oxygen atoms in total. The van der Waals surface area contributed by atoms with E-state index in [2.05, 4.69) is 20.4 Å². The van der Waals surface area contributed by atoms with Crippen LogP contribution in [0.2, 0.25) is 0 Å². The van der Waals surface area contributed by atoms with Gasteiger partial charge in [-0.3, -0.25) is 9.59 Å². The Hall–Kier alpha value is -4.31. The number of hydrogen-bond acceptors (Lipinski definition) is 8. The normalized spacial score (nSPS) is 13.3. The molecule has 2 amide bonds. The quantitative estimate of drug-likeness (QED) is 0.335. The van der Waals surface area contributed by atoms with Crippen LogP contribution in [-0.4, -0.2) is 66.0 Å². The summed E-state index contributed by atoms with van der Waals surface area (Å²) in [4.78, 5) is 29.4. The van der Waals surface area contributed by atoms with Crippen molar-refractivity contribution in [2.45, 2.75) is 5.22 Å². The van der Waals surface area contributed by atoms with Crippen LogP contribution < -0.4 is 15.0 Å². The Labute approximate surface area is 224 Å². The summed E-state index contributed by atoms with van der Waals surface area (Å²) >= 11 is 1.19. The number of anilines is 2. The van der Waals surface area contributed by atoms with Gasteiger partial charge < -0.3 is 24.3 Å². The highest BCUT2D eigenvalue weighted by atomic mass is 32.2. The first kappa shape index (κ1) is 25.3. The third kappa shape index (κ3) is 6.15. The van der Waals surface area contributed by atoms with Crippen LogP contribution in [0, 0.1) is 0 Å². The van der Waals surface area contributed by atoms with Crippen LogP contribution in [0.25, 0.3) is 11.5 Å². The predicted molar refractivity (Wildman–Crippen MR) is 147 cm³/mol. The summed E-state index contributed by atoms with van der Waals surface area (Å²) < 4.78 is 10.9. The molecule has 3 aromatic carbocycles. The van der Waals surface area contributed by atoms with E-state index in [0.717, 1.165) is 24.3 Å². The van der Waals surface area contributed by atoms with Crippen molar-refractivity contribution in [3.05, 3.63) is 84.4 Å². The van der Waals surface area contributed by atoms with Gasteiger partial charge in [-0.15, -0.1) is 10.2 Å². The number of ether oxygens (including phenoxy) is 1. The van der Waals surface area contributed by atoms with E-state index in [9.17, 15) is 9.59 Å². The minimum absolute atomic E-state index is 0.0105. The van der Waals surface area contributed by atoms with E-state index in [1.165, 1.54) is 11.8 Å². The summed E-state index contributed by atoms with van der Waals surface area (Å²) in [5.74, 6) is 1.10. The first-order valence-electron chi connectivity index (χ1n) is 12.2. The molecule has 0 spiro atoms. The van der Waals surface area contributed by atoms with Gasteiger partial charge in [0.15, 0.2) is 0 Å². The van der Waals surface area contributed by atoms with Crippen molar-refractivity contribution in [1.29, 1.82) is 0 Å². The summed E-state index contributed by atoms with van der Waals surface area (Å²) in [5.41, 5.74) is 3.22. The molecule has 0 radical (unpaired) electrons. The van der Waals surface area contributed by atoms with Crippen LogP contribution in [0.15, 0.2) is 88.5 Å². The van der Waals surface area contributed by atoms with Gasteiger partial charge in [0.25, 0.3) is 11.1 Å². The van der Waals surface area contributed by atoms with Gasteiger partial charge in [0.2, 0.25) is 11.8 Å². The summed E-state index contributed by atoms with van der Waals surface area (Å²) in [6.45, 7) is 2.72. The summed E-state index contributed by atoms with van der Waals surface area (Å²) in [6, 6.07) is 24.4. The fourth-order valence-electron chi connectivity index (χ4n) is 4.15. The third-order valence-corrected chi connectivity index (χ3v) is 6.97. The number of benzene rings is 3. The highest BCUT2D eigenvalue weighted by Gasteiger charge is 2.22. The number of nitrogens with one attached hydrogen (secondary N) is 1. The molecule has 1 fully saturated rings. The minimum Gasteiger partial charge on any atom is -0.497 e. The molecule has 1 N–H and O–H groups in total. The number of carbonyl (C=O) groups is 2. The zero-order chi connectivity index (χ0) is 26.3. The monoisotopic (exact) mass is 529 g/mol. The number of rotatable bonds is 8. The van der Waals surface area contributed by atoms with Crippen molar-refractivity contribution in [3.8, 4) is 17.2 Å². The fourth-order valence-corrected chi connectivity index (χ4v) is 4.71. The van der Waals surface area contributed by atoms with Crippen LogP contribution in [-0.2, 0) is 4.79 Å². The lowest BCUT2D eigenvalue weighted by Crippen LogP contribution is -2.48. The molecule has 1 aliphatic heterocycles. The second-order valence-electron chi connectivity index (χ2n) is 8.63. The van der Waals surface area contributed by atoms with Gasteiger partial charge in [0.05, 0.1) is 12.9 Å². The number of nitrogens with zero attached hydrogens (tertiary/aromatic N) is 4. The molecule has 1 aliphatic rings. The van der Waals surface area contributed by atoms with E-state index in [4.69, 9.17) is 9.15 Å². The molecular weight excluding hydrogens is 502 g/mol. The topological polar surface area (TPSA) is 101 Å². The first-order chi connectivity index (χ1) is 18.6. The lowest BCUT2D eigenvalue weighted by atomic mass is 10.1. The number of thioether (sulfide) groups is 1. The Kier molecular flexibility index (Phi) is 7.89. The van der Waals surface area contributed by atoms with E-state index in [1.807, 2.05) is 77.7 Å². The molecule has 4 aromatic rings. The van der Waals surface area contributed by atoms with Crippen LogP contribution in [0.5, 0.6) is 5.75 Å². The van der Waals surface area contributed by atoms with Crippen molar-refractivity contribution in [1.82, 2.24) is 15.1 Å². The van der Waals surface area contributed by atoms with Gasteiger partial charge in [-0.2, -0.15) is 0 Å². The maximum Gasteiger partial charge on any atom is 0.277 e. The first-order valence-corrected chi connectivity index (χ1v) is 13.2. The lowest BCUT2D eigenvalue weighted by Gasteiger charge is -2.36. The second-order valence-corrected chi connectivity index (χ2v) is 9.56. The summed E-state index contributed by atoms with van der Waals surface area (Å²) in [6.07, 6.45) is 0. The smallest absolute Gasteiger partial charge is 0.277 e. The van der Waals surface area contributed by atoms with Crippen molar-refractivity contribution in [2.75, 3.05) is 49.3 Å². The Bertz CT molecular complexity index is 1390. The van der Waals surface area contributed by atoms with Crippen molar-refractivity contribution in [2.24, 2.45) is 0 Å². The fraction of sp³-hybridized carbons (Fsp3) is 0.214. The van der Waals surface area contributed by atoms with Crippen LogP contribution >= 0.6 is 11.8 Å². The Morgan fingerprint density at radius 3 is 2.45 bits per heavy atom. The Morgan fingerprint density at radius 1 is 0.947 bits per heavy atom. The molecule has 5 rings (SSSR count). The van der Waals surface area contributed by atoms with Gasteiger partial charge in [-0.05, 0) is 54.6 Å². The van der Waals surface area contributed by atoms with E-state index < -0.39 is 0 Å². The standard InChI is InChI=1S/C28H27N5O4S/c1-36-24-9-5-8-21(18-24)27(35)33-16-14-32(15-17-33)23-12-10-22(11-13-23)29-25(34)19-38-28-31-30-26(37-28)20-6-3-2-4-7-20/h2-13,18H,14-17,19H2,1H3,(H,29,34). The third-order valence-electron chi connectivity index (χ3n) is 6.15. The molecule has 0 aliphatic carbocycles. The van der Waals surface area contributed by atoms with Crippen molar-refractivity contribution >= 4 is 35.0 Å². The number of hydrogen-bond donors (Lipinski definition) is 1. The van der Waals surface area contributed by atoms with Crippen LogP contribution in [0.4, 0.5) is 11.4 Å². The molecule has 0 atom stereocenters. The van der Waals surface area contributed by atoms with E-state index in [-0.39, 0.29) is 17.6 Å². The molecular formula is C28H27N5O4S. The largest absolute Gasteiger partial charge is 0.497 e. The van der Waals surface area contributed by atoms with Gasteiger partial charge >= 0.3 is 0 Å². The maximum atomic E-state index is 12.9. The lowest BCUT2D eigenvalue weighted by molar-refractivity contribution is -0.113. The van der Waals surface area contributed by atoms with Gasteiger partial charge in [-0.25, -0.2) is 0 Å². The Balaban J connectivity index is 1.09. The van der Waals surface area contributed by atoms with E-state index >= 15 is 0 Å². The zero-order valence-corrected chi connectivity index (χ0v) is 21.7. The van der Waals surface area contributed by atoms with Gasteiger partial charge in [0.1, 0.15) is 5.75 Å². The average Bonchev–Trinajstić information content (AvgIpc) is 3.46. The van der Waals surface area contributed by atoms with Crippen LogP contribution in [0.1, 0.15) is 10.4 Å². The van der Waals surface area contributed by atoms with E-state index in [0.29, 0.717) is 41.2 Å². The highest BCUT2D eigenvalue weighted by molar-refractivity contribution is 7.99. The SMILES string of the molecule is COc1cccc(C(=O)N2CCN(c3ccc(NC(=O)CSc4nnc(-c5ccccc5)o4)cc3)CC2)c1. The molecule has 10 heteroatoms. The number of piperazine rings is 1. The van der Waals surface area contributed by atoms with Crippen LogP contribution in [0.3, 0.4) is 0 Å². The highest BCUT2D eigenvalue weighted by Crippen LogP contribution is 2.24. The Morgan fingerprint density at radius 2 is 1.71 bits per heavy atom. The average molecular weight is 530 g/mol. The van der Waals surface area contributed by atoms with Gasteiger partial charge in [0, 0.05) is 48.7 Å². The predicted octanol–water partition coefficient (Wildman–Crippen LogP) is 4.44. The number of amides is 2. The minimum atomic E-state index is -0.160. The number of methoxy groups -OCH3 is 1. The van der Waals surface area contributed by atoms with E-state index in [1.54, 1.807) is 13.2 Å².